The Hall–Kier alpha value is -1.48. The second kappa shape index (κ2) is 4.02. The summed E-state index contributed by atoms with van der Waals surface area (Å²) in [4.78, 5) is 11.4. The number of rotatable bonds is 1. The lowest BCUT2D eigenvalue weighted by Crippen LogP contribution is -2.18. The SMILES string of the molecule is Cn1c2c(c3cccc(Cl)c31)C(C(=O)O)CCC2. The van der Waals surface area contributed by atoms with E-state index in [1.807, 2.05) is 25.2 Å². The van der Waals surface area contributed by atoms with E-state index in [-0.39, 0.29) is 0 Å². The number of aliphatic carboxylic acids is 1. The van der Waals surface area contributed by atoms with E-state index in [2.05, 4.69) is 4.57 Å². The van der Waals surface area contributed by atoms with Gasteiger partial charge in [0.15, 0.2) is 0 Å². The topological polar surface area (TPSA) is 42.2 Å². The van der Waals surface area contributed by atoms with Crippen LogP contribution in [0.1, 0.15) is 30.0 Å². The monoisotopic (exact) mass is 263 g/mol. The molecular formula is C14H14ClNO2. The minimum atomic E-state index is -0.733. The summed E-state index contributed by atoms with van der Waals surface area (Å²) in [6.45, 7) is 0. The van der Waals surface area contributed by atoms with E-state index < -0.39 is 11.9 Å². The normalized spacial score (nSPS) is 18.9. The number of benzene rings is 1. The zero-order valence-electron chi connectivity index (χ0n) is 10.1. The third-order valence-electron chi connectivity index (χ3n) is 3.88. The van der Waals surface area contributed by atoms with Crippen molar-refractivity contribution in [2.75, 3.05) is 0 Å². The number of halogens is 1. The summed E-state index contributed by atoms with van der Waals surface area (Å²) in [6, 6.07) is 5.71. The maximum atomic E-state index is 11.4. The van der Waals surface area contributed by atoms with Crippen molar-refractivity contribution in [3.05, 3.63) is 34.5 Å². The number of nitrogens with zero attached hydrogens (tertiary/aromatic N) is 1. The Morgan fingerprint density at radius 2 is 2.28 bits per heavy atom. The number of carbonyl (C=O) groups is 1. The molecule has 1 aliphatic rings. The molecule has 0 aliphatic heterocycles. The van der Waals surface area contributed by atoms with Crippen molar-refractivity contribution in [1.82, 2.24) is 4.57 Å². The van der Waals surface area contributed by atoms with Gasteiger partial charge in [-0.1, -0.05) is 23.7 Å². The van der Waals surface area contributed by atoms with Gasteiger partial charge >= 0.3 is 5.97 Å². The number of para-hydroxylation sites is 1. The number of carboxylic acid groups (broad SMARTS) is 1. The van der Waals surface area contributed by atoms with Crippen molar-refractivity contribution >= 4 is 28.5 Å². The maximum absolute atomic E-state index is 11.4. The summed E-state index contributed by atoms with van der Waals surface area (Å²) < 4.78 is 2.06. The third kappa shape index (κ3) is 1.47. The zero-order chi connectivity index (χ0) is 12.9. The average molecular weight is 264 g/mol. The molecule has 1 N–H and O–H groups in total. The van der Waals surface area contributed by atoms with Crippen LogP contribution >= 0.6 is 11.6 Å². The van der Waals surface area contributed by atoms with Crippen LogP contribution in [-0.2, 0) is 18.3 Å². The van der Waals surface area contributed by atoms with Gasteiger partial charge in [0.2, 0.25) is 0 Å². The van der Waals surface area contributed by atoms with Crippen molar-refractivity contribution < 1.29 is 9.90 Å². The molecule has 0 radical (unpaired) electrons. The van der Waals surface area contributed by atoms with E-state index in [0.717, 1.165) is 35.0 Å². The van der Waals surface area contributed by atoms with E-state index in [4.69, 9.17) is 11.6 Å². The van der Waals surface area contributed by atoms with Crippen LogP contribution in [0.4, 0.5) is 0 Å². The first-order chi connectivity index (χ1) is 8.61. The molecule has 94 valence electrons. The van der Waals surface area contributed by atoms with Gasteiger partial charge in [0.25, 0.3) is 0 Å². The molecule has 1 aromatic carbocycles. The average Bonchev–Trinajstić information content (AvgIpc) is 2.65. The van der Waals surface area contributed by atoms with Gasteiger partial charge in [-0.05, 0) is 30.9 Å². The van der Waals surface area contributed by atoms with Crippen LogP contribution in [0, 0.1) is 0 Å². The van der Waals surface area contributed by atoms with E-state index >= 15 is 0 Å². The number of carboxylic acids is 1. The summed E-state index contributed by atoms with van der Waals surface area (Å²) in [7, 11) is 1.97. The van der Waals surface area contributed by atoms with Crippen LogP contribution in [0.2, 0.25) is 5.02 Å². The molecule has 3 nitrogen and oxygen atoms in total. The largest absolute Gasteiger partial charge is 0.481 e. The van der Waals surface area contributed by atoms with Crippen LogP contribution in [0.3, 0.4) is 0 Å². The fraction of sp³-hybridized carbons (Fsp3) is 0.357. The van der Waals surface area contributed by atoms with E-state index in [1.165, 1.54) is 0 Å². The van der Waals surface area contributed by atoms with Gasteiger partial charge in [-0.15, -0.1) is 0 Å². The van der Waals surface area contributed by atoms with Gasteiger partial charge in [-0.25, -0.2) is 0 Å². The summed E-state index contributed by atoms with van der Waals surface area (Å²) in [6.07, 6.45) is 2.57. The van der Waals surface area contributed by atoms with Crippen LogP contribution < -0.4 is 0 Å². The number of aromatic nitrogens is 1. The molecule has 18 heavy (non-hydrogen) atoms. The Morgan fingerprint density at radius 3 is 3.00 bits per heavy atom. The standard InChI is InChI=1S/C14H14ClNO2/c1-16-11-7-3-5-9(14(17)18)12(11)8-4-2-6-10(15)13(8)16/h2,4,6,9H,3,5,7H2,1H3,(H,17,18). The van der Waals surface area contributed by atoms with Crippen molar-refractivity contribution in [2.24, 2.45) is 7.05 Å². The molecule has 0 saturated heterocycles. The smallest absolute Gasteiger partial charge is 0.311 e. The van der Waals surface area contributed by atoms with E-state index in [9.17, 15) is 9.90 Å². The Labute approximate surface area is 110 Å². The molecule has 0 bridgehead atoms. The molecule has 3 rings (SSSR count). The predicted molar refractivity (Wildman–Crippen MR) is 71.2 cm³/mol. The zero-order valence-corrected chi connectivity index (χ0v) is 10.9. The summed E-state index contributed by atoms with van der Waals surface area (Å²) in [5, 5.41) is 11.1. The molecule has 1 aromatic heterocycles. The fourth-order valence-electron chi connectivity index (χ4n) is 3.10. The van der Waals surface area contributed by atoms with Crippen molar-refractivity contribution in [3.63, 3.8) is 0 Å². The molecule has 2 aromatic rings. The Balaban J connectivity index is 2.39. The molecule has 1 heterocycles. The second-order valence-corrected chi connectivity index (χ2v) is 5.25. The number of fused-ring (bicyclic) bond motifs is 3. The Kier molecular flexibility index (Phi) is 2.59. The third-order valence-corrected chi connectivity index (χ3v) is 4.19. The van der Waals surface area contributed by atoms with Gasteiger partial charge in [0, 0.05) is 18.1 Å². The minimum Gasteiger partial charge on any atom is -0.481 e. The molecule has 1 unspecified atom stereocenters. The molecule has 0 fully saturated rings. The lowest BCUT2D eigenvalue weighted by Gasteiger charge is -2.20. The second-order valence-electron chi connectivity index (χ2n) is 4.84. The summed E-state index contributed by atoms with van der Waals surface area (Å²) in [5.41, 5.74) is 3.04. The number of hydrogen-bond acceptors (Lipinski definition) is 1. The number of aryl methyl sites for hydroxylation is 1. The summed E-state index contributed by atoms with van der Waals surface area (Å²) in [5.74, 6) is -1.13. The molecule has 0 saturated carbocycles. The molecular weight excluding hydrogens is 250 g/mol. The first kappa shape index (κ1) is 11.6. The fourth-order valence-corrected chi connectivity index (χ4v) is 3.40. The van der Waals surface area contributed by atoms with Crippen LogP contribution in [0.5, 0.6) is 0 Å². The highest BCUT2D eigenvalue weighted by Gasteiger charge is 2.31. The highest BCUT2D eigenvalue weighted by Crippen LogP contribution is 2.40. The van der Waals surface area contributed by atoms with E-state index in [0.29, 0.717) is 11.4 Å². The summed E-state index contributed by atoms with van der Waals surface area (Å²) >= 11 is 6.24. The first-order valence-electron chi connectivity index (χ1n) is 6.09. The lowest BCUT2D eigenvalue weighted by atomic mass is 9.85. The maximum Gasteiger partial charge on any atom is 0.311 e. The van der Waals surface area contributed by atoms with Gasteiger partial charge in [-0.3, -0.25) is 4.79 Å². The minimum absolute atomic E-state index is 0.393. The van der Waals surface area contributed by atoms with Crippen LogP contribution in [-0.4, -0.2) is 15.6 Å². The van der Waals surface area contributed by atoms with Gasteiger partial charge in [0.1, 0.15) is 0 Å². The van der Waals surface area contributed by atoms with Crippen LogP contribution in [0.25, 0.3) is 10.9 Å². The number of hydrogen-bond donors (Lipinski definition) is 1. The Morgan fingerprint density at radius 1 is 1.50 bits per heavy atom. The molecule has 1 aliphatic carbocycles. The van der Waals surface area contributed by atoms with E-state index in [1.54, 1.807) is 0 Å². The molecule has 1 atom stereocenters. The van der Waals surface area contributed by atoms with Crippen LogP contribution in [0.15, 0.2) is 18.2 Å². The van der Waals surface area contributed by atoms with Gasteiger partial charge in [0.05, 0.1) is 16.5 Å². The predicted octanol–water partition coefficient (Wildman–Crippen LogP) is 3.34. The highest BCUT2D eigenvalue weighted by molar-refractivity contribution is 6.35. The van der Waals surface area contributed by atoms with Gasteiger partial charge in [-0.2, -0.15) is 0 Å². The molecule has 0 amide bonds. The highest BCUT2D eigenvalue weighted by atomic mass is 35.5. The molecule has 0 spiro atoms. The van der Waals surface area contributed by atoms with Crippen molar-refractivity contribution in [2.45, 2.75) is 25.2 Å². The lowest BCUT2D eigenvalue weighted by molar-refractivity contribution is -0.139. The quantitative estimate of drug-likeness (QED) is 0.857. The first-order valence-corrected chi connectivity index (χ1v) is 6.47. The van der Waals surface area contributed by atoms with Crippen molar-refractivity contribution in [3.8, 4) is 0 Å². The Bertz CT molecular complexity index is 645. The van der Waals surface area contributed by atoms with Crippen molar-refractivity contribution in [1.29, 1.82) is 0 Å². The molecule has 4 heteroatoms. The van der Waals surface area contributed by atoms with Gasteiger partial charge < -0.3 is 9.67 Å².